The molecule has 0 unspecified atom stereocenters. The Hall–Kier alpha value is -0.690. The van der Waals surface area contributed by atoms with E-state index in [0.29, 0.717) is 0 Å². The van der Waals surface area contributed by atoms with E-state index in [2.05, 4.69) is 0 Å². The van der Waals surface area contributed by atoms with Gasteiger partial charge in [0, 0.05) is 32.5 Å². The van der Waals surface area contributed by atoms with Crippen LogP contribution < -0.4 is 14.7 Å². The molecule has 6 fully saturated rings. The van der Waals surface area contributed by atoms with Gasteiger partial charge in [0.2, 0.25) is 17.8 Å². The van der Waals surface area contributed by atoms with Gasteiger partial charge in [0.15, 0.2) is 0 Å². The molecule has 0 amide bonds. The standard InChI is InChI=1S/C43H80N6O18P6/c1-36(2)17-56-68(50,57-18-36)29-47(30-69(51)58-19-37(3,4)20-59-69)33-44-34(48(31-70(52)60-21-38(5,6)22-61-70)42(13,14)72(54)64-25-40(9,10)26-65-72)46-35(45-33)49(32-71(53)62-23-39(7,8)24-63-71)43(15,16)73(55)66-27-41(11,12)28-67-73/h17-32H2,1-16H3. The van der Waals surface area contributed by atoms with Crippen molar-refractivity contribution in [2.45, 2.75) is 121 Å². The molecule has 0 aliphatic carbocycles. The number of aromatic nitrogens is 3. The fraction of sp³-hybridized carbons (Fsp3) is 0.930. The summed E-state index contributed by atoms with van der Waals surface area (Å²) in [4.78, 5) is 18.7. The molecule has 0 atom stereocenters. The lowest BCUT2D eigenvalue weighted by Gasteiger charge is -2.48. The van der Waals surface area contributed by atoms with E-state index < -0.39 is 114 Å². The van der Waals surface area contributed by atoms with Crippen LogP contribution in [0.5, 0.6) is 0 Å². The maximum absolute atomic E-state index is 15.3. The van der Waals surface area contributed by atoms with Crippen LogP contribution in [-0.2, 0) is 81.7 Å². The molecule has 6 aliphatic rings. The van der Waals surface area contributed by atoms with E-state index >= 15 is 9.13 Å². The first-order valence-corrected chi connectivity index (χ1v) is 34.4. The van der Waals surface area contributed by atoms with Gasteiger partial charge in [0.05, 0.1) is 79.3 Å². The first kappa shape index (κ1) is 60.0. The summed E-state index contributed by atoms with van der Waals surface area (Å²) < 4.78 is 163. The highest BCUT2D eigenvalue weighted by Crippen LogP contribution is 2.69. The molecule has 0 bridgehead atoms. The van der Waals surface area contributed by atoms with E-state index in [9.17, 15) is 18.3 Å². The fourth-order valence-electron chi connectivity index (χ4n) is 7.58. The van der Waals surface area contributed by atoms with Crippen LogP contribution in [-0.4, -0.2) is 130 Å². The van der Waals surface area contributed by atoms with Crippen LogP contribution in [0.1, 0.15) is 111 Å². The number of nitrogens with zero attached hydrogens (tertiary/aromatic N) is 6. The first-order chi connectivity index (χ1) is 33.1. The van der Waals surface area contributed by atoms with Crippen molar-refractivity contribution < 1.29 is 81.7 Å². The molecule has 1 aromatic rings. The largest absolute Gasteiger partial charge is 0.355 e. The first-order valence-electron chi connectivity index (χ1n) is 24.4. The molecule has 24 nitrogen and oxygen atoms in total. The highest BCUT2D eigenvalue weighted by Gasteiger charge is 2.58. The molecule has 0 spiro atoms. The van der Waals surface area contributed by atoms with Crippen LogP contribution in [0.3, 0.4) is 0 Å². The molecule has 30 heteroatoms. The summed E-state index contributed by atoms with van der Waals surface area (Å²) in [6.07, 6.45) is -2.56. The van der Waals surface area contributed by atoms with Gasteiger partial charge in [-0.1, -0.05) is 83.1 Å². The van der Waals surface area contributed by atoms with Crippen LogP contribution in [0, 0.1) is 32.5 Å². The lowest BCUT2D eigenvalue weighted by Crippen LogP contribution is -2.51. The summed E-state index contributed by atoms with van der Waals surface area (Å²) in [5.41, 5.74) is -3.17. The third-order valence-electron chi connectivity index (χ3n) is 13.1. The molecule has 6 saturated heterocycles. The number of hydrogen-bond donors (Lipinski definition) is 0. The van der Waals surface area contributed by atoms with Gasteiger partial charge in [0.1, 0.15) is 35.7 Å². The zero-order valence-electron chi connectivity index (χ0n) is 45.5. The minimum Gasteiger partial charge on any atom is -0.317 e. The maximum Gasteiger partial charge on any atom is 0.355 e. The van der Waals surface area contributed by atoms with E-state index in [0.717, 1.165) is 0 Å². The monoisotopic (exact) mass is 1150 g/mol. The lowest BCUT2D eigenvalue weighted by atomic mass is 9.97. The molecule has 7 rings (SSSR count). The summed E-state index contributed by atoms with van der Waals surface area (Å²) in [6, 6.07) is 0. The minimum absolute atomic E-state index is 0.0141. The van der Waals surface area contributed by atoms with Crippen LogP contribution in [0.15, 0.2) is 0 Å². The summed E-state index contributed by atoms with van der Waals surface area (Å²) in [5.74, 6) is -1.16. The average molecular weight is 1150 g/mol. The molecular formula is C43H80N6O18P6. The fourth-order valence-corrected chi connectivity index (χ4v) is 20.6. The Morgan fingerprint density at radius 3 is 0.767 bits per heavy atom. The lowest BCUT2D eigenvalue weighted by molar-refractivity contribution is 0.0320. The van der Waals surface area contributed by atoms with Gasteiger partial charge in [-0.15, -0.1) is 0 Å². The minimum atomic E-state index is -4.33. The molecule has 6 aliphatic heterocycles. The van der Waals surface area contributed by atoms with Crippen LogP contribution >= 0.6 is 45.6 Å². The predicted molar refractivity (Wildman–Crippen MR) is 275 cm³/mol. The van der Waals surface area contributed by atoms with Gasteiger partial charge in [-0.2, -0.15) is 15.0 Å². The van der Waals surface area contributed by atoms with Gasteiger partial charge in [0.25, 0.3) is 0 Å². The normalized spacial score (nSPS) is 28.3. The second kappa shape index (κ2) is 20.1. The zero-order chi connectivity index (χ0) is 54.4. The molecular weight excluding hydrogens is 1070 g/mol. The van der Waals surface area contributed by atoms with Gasteiger partial charge < -0.3 is 69.0 Å². The Labute approximate surface area is 431 Å². The molecule has 7 heterocycles. The predicted octanol–water partition coefficient (Wildman–Crippen LogP) is 11.2. The number of rotatable bonds is 15. The number of anilines is 3. The maximum atomic E-state index is 15.3. The van der Waals surface area contributed by atoms with Crippen molar-refractivity contribution in [2.75, 3.05) is 119 Å². The summed E-state index contributed by atoms with van der Waals surface area (Å²) in [6.45, 7) is 29.0. The van der Waals surface area contributed by atoms with Crippen molar-refractivity contribution in [3.8, 4) is 0 Å². The zero-order valence-corrected chi connectivity index (χ0v) is 50.9. The molecule has 73 heavy (non-hydrogen) atoms. The van der Waals surface area contributed by atoms with Crippen LogP contribution in [0.4, 0.5) is 17.8 Å². The molecule has 420 valence electrons. The third-order valence-corrected chi connectivity index (χ3v) is 24.9. The molecule has 0 N–H and O–H groups in total. The highest BCUT2D eigenvalue weighted by atomic mass is 31.2. The SMILES string of the molecule is CC1(C)COP(=O)(CN(CP2(=O)OCC(C)(C)CO2)c2nc(N(CP3(=O)OCC(C)(C)CO3)C(C)(C)P3(=O)OCC(C)(C)CO3)nc(N(CP3(=O)OCC(C)(C)CO3)C(C)(C)P3(=O)OCC(C)(C)CO3)n2)OC1. The summed E-state index contributed by atoms with van der Waals surface area (Å²) in [5, 5.41) is -3.66. The van der Waals surface area contributed by atoms with Gasteiger partial charge in [-0.3, -0.25) is 27.4 Å². The third kappa shape index (κ3) is 13.8. The van der Waals surface area contributed by atoms with Crippen LogP contribution in [0.2, 0.25) is 0 Å². The molecule has 1 aromatic heterocycles. The highest BCUT2D eigenvalue weighted by molar-refractivity contribution is 7.57. The molecule has 0 aromatic carbocycles. The van der Waals surface area contributed by atoms with E-state index in [1.54, 1.807) is 0 Å². The molecule has 0 radical (unpaired) electrons. The van der Waals surface area contributed by atoms with E-state index in [4.69, 9.17) is 69.2 Å². The topological polar surface area (TPSA) is 262 Å². The van der Waals surface area contributed by atoms with Crippen LogP contribution in [0.25, 0.3) is 0 Å². The van der Waals surface area contributed by atoms with Gasteiger partial charge in [-0.25, -0.2) is 0 Å². The van der Waals surface area contributed by atoms with Crippen molar-refractivity contribution in [3.05, 3.63) is 0 Å². The van der Waals surface area contributed by atoms with Gasteiger partial charge in [-0.05, 0) is 27.7 Å². The Morgan fingerprint density at radius 2 is 0.534 bits per heavy atom. The second-order valence-corrected chi connectivity index (χ2v) is 39.2. The van der Waals surface area contributed by atoms with E-state index in [1.807, 2.05) is 83.1 Å². The smallest absolute Gasteiger partial charge is 0.317 e. The Kier molecular flexibility index (Phi) is 16.5. The number of hydrogen-bond acceptors (Lipinski definition) is 24. The summed E-state index contributed by atoms with van der Waals surface area (Å²) in [7, 11) is -25.3. The van der Waals surface area contributed by atoms with E-state index in [1.165, 1.54) is 42.4 Å². The van der Waals surface area contributed by atoms with Crippen molar-refractivity contribution in [2.24, 2.45) is 32.5 Å². The Morgan fingerprint density at radius 1 is 0.342 bits per heavy atom. The van der Waals surface area contributed by atoms with Gasteiger partial charge >= 0.3 is 45.6 Å². The second-order valence-electron chi connectivity index (χ2n) is 25.9. The quantitative estimate of drug-likeness (QED) is 0.148. The average Bonchev–Trinajstić information content (AvgIpc) is 3.28. The van der Waals surface area contributed by atoms with E-state index in [-0.39, 0.29) is 97.1 Å². The molecule has 0 saturated carbocycles. The van der Waals surface area contributed by atoms with Crippen molar-refractivity contribution in [1.29, 1.82) is 0 Å². The van der Waals surface area contributed by atoms with Crippen molar-refractivity contribution >= 4 is 63.4 Å². The van der Waals surface area contributed by atoms with Crippen molar-refractivity contribution in [1.82, 2.24) is 15.0 Å². The Bertz CT molecular complexity index is 2290. The summed E-state index contributed by atoms with van der Waals surface area (Å²) >= 11 is 0. The van der Waals surface area contributed by atoms with Crippen molar-refractivity contribution in [3.63, 3.8) is 0 Å². The Balaban J connectivity index is 1.49.